The molecule has 1 saturated heterocycles. The number of fused-ring (bicyclic) bond motifs is 1. The minimum atomic E-state index is -0.579. The van der Waals surface area contributed by atoms with E-state index in [1.165, 1.54) is 5.56 Å². The van der Waals surface area contributed by atoms with Gasteiger partial charge in [0, 0.05) is 36.7 Å². The minimum absolute atomic E-state index is 0.139. The molecule has 0 bridgehead atoms. The molecule has 0 spiro atoms. The van der Waals surface area contributed by atoms with Crippen LogP contribution in [0.4, 0.5) is 0 Å². The highest BCUT2D eigenvalue weighted by Gasteiger charge is 2.42. The third kappa shape index (κ3) is 3.64. The van der Waals surface area contributed by atoms with Gasteiger partial charge in [-0.05, 0) is 42.0 Å². The summed E-state index contributed by atoms with van der Waals surface area (Å²) in [6.45, 7) is 1.07. The Bertz CT molecular complexity index is 1050. The van der Waals surface area contributed by atoms with Crippen molar-refractivity contribution in [3.05, 3.63) is 70.8 Å². The first-order chi connectivity index (χ1) is 14.9. The Kier molecular flexibility index (Phi) is 4.87. The van der Waals surface area contributed by atoms with Gasteiger partial charge in [0.2, 0.25) is 11.8 Å². The summed E-state index contributed by atoms with van der Waals surface area (Å²) in [5.41, 5.74) is 10.0. The van der Waals surface area contributed by atoms with Gasteiger partial charge in [0.15, 0.2) is 0 Å². The zero-order valence-electron chi connectivity index (χ0n) is 17.3. The third-order valence-corrected chi connectivity index (χ3v) is 6.76. The molecule has 7 heteroatoms. The van der Waals surface area contributed by atoms with Crippen LogP contribution in [-0.4, -0.2) is 34.7 Å². The van der Waals surface area contributed by atoms with Crippen molar-refractivity contribution in [3.63, 3.8) is 0 Å². The molecule has 1 aliphatic carbocycles. The summed E-state index contributed by atoms with van der Waals surface area (Å²) < 4.78 is 0. The van der Waals surface area contributed by atoms with Crippen LogP contribution in [0, 0.1) is 0 Å². The van der Waals surface area contributed by atoms with Gasteiger partial charge in [0.25, 0.3) is 5.91 Å². The Labute approximate surface area is 181 Å². The van der Waals surface area contributed by atoms with Gasteiger partial charge in [-0.1, -0.05) is 42.5 Å². The van der Waals surface area contributed by atoms with Crippen molar-refractivity contribution in [2.45, 2.75) is 56.4 Å². The highest BCUT2D eigenvalue weighted by molar-refractivity contribution is 6.05. The molecule has 0 radical (unpaired) electrons. The van der Waals surface area contributed by atoms with Gasteiger partial charge in [-0.3, -0.25) is 19.7 Å². The molecule has 31 heavy (non-hydrogen) atoms. The monoisotopic (exact) mass is 418 g/mol. The van der Waals surface area contributed by atoms with Gasteiger partial charge in [0.1, 0.15) is 6.04 Å². The van der Waals surface area contributed by atoms with E-state index >= 15 is 0 Å². The molecule has 160 valence electrons. The van der Waals surface area contributed by atoms with Gasteiger partial charge in [-0.25, -0.2) is 0 Å². The predicted molar refractivity (Wildman–Crippen MR) is 115 cm³/mol. The first-order valence-electron chi connectivity index (χ1n) is 10.8. The number of benzene rings is 2. The van der Waals surface area contributed by atoms with Crippen LogP contribution in [0.25, 0.3) is 0 Å². The topological polar surface area (TPSA) is 105 Å². The molecule has 7 nitrogen and oxygen atoms in total. The summed E-state index contributed by atoms with van der Waals surface area (Å²) in [5, 5.41) is 5.88. The molecule has 1 saturated carbocycles. The van der Waals surface area contributed by atoms with E-state index in [4.69, 9.17) is 5.73 Å². The third-order valence-electron chi connectivity index (χ3n) is 6.76. The number of hydrogen-bond donors (Lipinski definition) is 3. The average molecular weight is 418 g/mol. The average Bonchev–Trinajstić information content (AvgIpc) is 3.07. The van der Waals surface area contributed by atoms with Crippen molar-refractivity contribution in [2.75, 3.05) is 0 Å². The predicted octanol–water partition coefficient (Wildman–Crippen LogP) is 1.55. The van der Waals surface area contributed by atoms with Crippen molar-refractivity contribution in [1.82, 2.24) is 15.5 Å². The maximum atomic E-state index is 12.9. The van der Waals surface area contributed by atoms with Crippen LogP contribution in [0.1, 0.15) is 52.7 Å². The number of carbonyl (C=O) groups is 3. The van der Waals surface area contributed by atoms with E-state index in [-0.39, 0.29) is 29.7 Å². The van der Waals surface area contributed by atoms with E-state index in [9.17, 15) is 14.4 Å². The van der Waals surface area contributed by atoms with Gasteiger partial charge in [-0.2, -0.15) is 0 Å². The Morgan fingerprint density at radius 3 is 2.61 bits per heavy atom. The molecule has 2 aromatic carbocycles. The van der Waals surface area contributed by atoms with Crippen molar-refractivity contribution in [3.8, 4) is 0 Å². The smallest absolute Gasteiger partial charge is 0.255 e. The molecule has 5 rings (SSSR count). The minimum Gasteiger partial charge on any atom is -0.322 e. The number of nitrogens with one attached hydrogen (secondary N) is 2. The number of nitrogens with two attached hydrogens (primary N) is 1. The second-order valence-corrected chi connectivity index (χ2v) is 8.90. The van der Waals surface area contributed by atoms with Crippen LogP contribution >= 0.6 is 0 Å². The number of amides is 3. The highest BCUT2D eigenvalue weighted by atomic mass is 16.2. The lowest BCUT2D eigenvalue weighted by molar-refractivity contribution is -0.136. The summed E-state index contributed by atoms with van der Waals surface area (Å²) in [6.07, 6.45) is 2.40. The van der Waals surface area contributed by atoms with Crippen LogP contribution in [-0.2, 0) is 28.2 Å². The van der Waals surface area contributed by atoms with Crippen LogP contribution in [0.2, 0.25) is 0 Å². The summed E-state index contributed by atoms with van der Waals surface area (Å²) in [6, 6.07) is 15.9. The Morgan fingerprint density at radius 2 is 1.87 bits per heavy atom. The SMILES string of the molecule is NC1(c2ccccc2)CC(NCc2ccc3c(c2)C(=O)N(C2CCC(=O)NC2=O)C3)C1. The molecule has 0 aromatic heterocycles. The first kappa shape index (κ1) is 19.9. The van der Waals surface area contributed by atoms with Crippen molar-refractivity contribution in [2.24, 2.45) is 5.73 Å². The van der Waals surface area contributed by atoms with Crippen LogP contribution < -0.4 is 16.4 Å². The molecule has 2 aliphatic heterocycles. The van der Waals surface area contributed by atoms with E-state index < -0.39 is 6.04 Å². The Balaban J connectivity index is 1.20. The van der Waals surface area contributed by atoms with Crippen LogP contribution in [0.3, 0.4) is 0 Å². The van der Waals surface area contributed by atoms with Crippen molar-refractivity contribution in [1.29, 1.82) is 0 Å². The molecule has 1 atom stereocenters. The summed E-state index contributed by atoms with van der Waals surface area (Å²) in [7, 11) is 0. The summed E-state index contributed by atoms with van der Waals surface area (Å²) >= 11 is 0. The molecule has 4 N–H and O–H groups in total. The first-order valence-corrected chi connectivity index (χ1v) is 10.8. The van der Waals surface area contributed by atoms with Gasteiger partial charge in [0.05, 0.1) is 0 Å². The fourth-order valence-electron chi connectivity index (χ4n) is 4.94. The standard InChI is InChI=1S/C24H26N4O3/c25-24(17-4-2-1-3-5-17)11-18(12-24)26-13-15-6-7-16-14-28(23(31)19(16)10-15)20-8-9-21(29)27-22(20)30/h1-7,10,18,20,26H,8-9,11-14,25H2,(H,27,29,30). The van der Waals surface area contributed by atoms with Crippen molar-refractivity contribution >= 4 is 17.7 Å². The van der Waals surface area contributed by atoms with E-state index in [2.05, 4.69) is 22.8 Å². The van der Waals surface area contributed by atoms with Crippen LogP contribution in [0.15, 0.2) is 48.5 Å². The van der Waals surface area contributed by atoms with E-state index in [0.717, 1.165) is 24.0 Å². The maximum absolute atomic E-state index is 12.9. The van der Waals surface area contributed by atoms with Crippen LogP contribution in [0.5, 0.6) is 0 Å². The maximum Gasteiger partial charge on any atom is 0.255 e. The molecule has 3 aliphatic rings. The number of rotatable bonds is 5. The van der Waals surface area contributed by atoms with E-state index in [1.807, 2.05) is 36.4 Å². The molecule has 1 unspecified atom stereocenters. The zero-order valence-corrected chi connectivity index (χ0v) is 17.3. The van der Waals surface area contributed by atoms with Gasteiger partial charge >= 0.3 is 0 Å². The lowest BCUT2D eigenvalue weighted by atomic mass is 9.69. The summed E-state index contributed by atoms with van der Waals surface area (Å²) in [4.78, 5) is 38.1. The lowest BCUT2D eigenvalue weighted by Crippen LogP contribution is -2.56. The molecule has 2 aromatic rings. The highest BCUT2D eigenvalue weighted by Crippen LogP contribution is 2.39. The second kappa shape index (κ2) is 7.59. The number of hydrogen-bond acceptors (Lipinski definition) is 5. The number of carbonyl (C=O) groups excluding carboxylic acids is 3. The van der Waals surface area contributed by atoms with Gasteiger partial charge in [-0.15, -0.1) is 0 Å². The van der Waals surface area contributed by atoms with Crippen molar-refractivity contribution < 1.29 is 14.4 Å². The number of piperidine rings is 1. The largest absolute Gasteiger partial charge is 0.322 e. The quantitative estimate of drug-likeness (QED) is 0.639. The Hall–Kier alpha value is -3.03. The fourth-order valence-corrected chi connectivity index (χ4v) is 4.94. The lowest BCUT2D eigenvalue weighted by Gasteiger charge is -2.46. The fraction of sp³-hybridized carbons (Fsp3) is 0.375. The van der Waals surface area contributed by atoms with E-state index in [0.29, 0.717) is 31.1 Å². The number of imide groups is 1. The van der Waals surface area contributed by atoms with E-state index in [1.54, 1.807) is 4.90 Å². The number of nitrogens with zero attached hydrogens (tertiary/aromatic N) is 1. The summed E-state index contributed by atoms with van der Waals surface area (Å²) in [5.74, 6) is -0.795. The molecular formula is C24H26N4O3. The normalized spacial score (nSPS) is 27.6. The molecule has 3 amide bonds. The second-order valence-electron chi connectivity index (χ2n) is 8.90. The van der Waals surface area contributed by atoms with Gasteiger partial charge < -0.3 is 16.0 Å². The zero-order chi connectivity index (χ0) is 21.6. The molecule has 2 fully saturated rings. The molecule has 2 heterocycles. The Morgan fingerprint density at radius 1 is 1.10 bits per heavy atom. The molecular weight excluding hydrogens is 392 g/mol.